The number of halogens is 5. The fraction of sp³-hybridized carbons (Fsp3) is 0.273. The average Bonchev–Trinajstić information content (AvgIpc) is 2.37. The van der Waals surface area contributed by atoms with Crippen molar-refractivity contribution in [2.75, 3.05) is 19.0 Å². The van der Waals surface area contributed by atoms with Gasteiger partial charge in [0.15, 0.2) is 6.61 Å². The molecule has 116 valence electrons. The van der Waals surface area contributed by atoms with Crippen molar-refractivity contribution in [1.82, 2.24) is 0 Å². The molecule has 10 heteroatoms. The first-order valence-corrected chi connectivity index (χ1v) is 6.80. The van der Waals surface area contributed by atoms with Crippen LogP contribution in [0.5, 0.6) is 0 Å². The highest BCUT2D eigenvalue weighted by molar-refractivity contribution is 9.11. The summed E-state index contributed by atoms with van der Waals surface area (Å²) in [7, 11) is 1.13. The van der Waals surface area contributed by atoms with Crippen molar-refractivity contribution in [1.29, 1.82) is 0 Å². The van der Waals surface area contributed by atoms with Gasteiger partial charge in [-0.3, -0.25) is 5.32 Å². The van der Waals surface area contributed by atoms with E-state index in [1.165, 1.54) is 12.1 Å². The molecule has 1 aromatic rings. The van der Waals surface area contributed by atoms with Crippen LogP contribution in [0.4, 0.5) is 23.7 Å². The maximum Gasteiger partial charge on any atom is 0.422 e. The van der Waals surface area contributed by atoms with Crippen molar-refractivity contribution < 1.29 is 32.2 Å². The molecular weight excluding hydrogens is 427 g/mol. The third kappa shape index (κ3) is 5.54. The Morgan fingerprint density at radius 2 is 1.90 bits per heavy atom. The van der Waals surface area contributed by atoms with Gasteiger partial charge in [0.2, 0.25) is 0 Å². The van der Waals surface area contributed by atoms with E-state index in [2.05, 4.69) is 46.7 Å². The van der Waals surface area contributed by atoms with E-state index in [-0.39, 0.29) is 15.7 Å². The van der Waals surface area contributed by atoms with Gasteiger partial charge in [0.05, 0.1) is 18.4 Å². The van der Waals surface area contributed by atoms with Crippen molar-refractivity contribution in [2.45, 2.75) is 6.18 Å². The average molecular weight is 435 g/mol. The lowest BCUT2D eigenvalue weighted by Crippen LogP contribution is -2.24. The summed E-state index contributed by atoms with van der Waals surface area (Å²) in [4.78, 5) is 22.9. The fourth-order valence-electron chi connectivity index (χ4n) is 1.26. The van der Waals surface area contributed by atoms with Gasteiger partial charge in [-0.2, -0.15) is 13.2 Å². The molecule has 0 fully saturated rings. The van der Waals surface area contributed by atoms with Gasteiger partial charge in [0.25, 0.3) is 0 Å². The maximum atomic E-state index is 12.0. The Bertz CT molecular complexity index is 563. The van der Waals surface area contributed by atoms with Gasteiger partial charge in [-0.05, 0) is 28.1 Å². The molecule has 1 N–H and O–H groups in total. The van der Waals surface area contributed by atoms with Crippen LogP contribution in [-0.2, 0) is 9.47 Å². The van der Waals surface area contributed by atoms with Crippen molar-refractivity contribution >= 4 is 49.6 Å². The number of carbonyl (C=O) groups is 2. The molecule has 0 atom stereocenters. The summed E-state index contributed by atoms with van der Waals surface area (Å²) in [6.07, 6.45) is -5.99. The second kappa shape index (κ2) is 7.12. The van der Waals surface area contributed by atoms with Crippen LogP contribution in [0.25, 0.3) is 0 Å². The first-order valence-electron chi connectivity index (χ1n) is 5.22. The van der Waals surface area contributed by atoms with Crippen LogP contribution in [0.15, 0.2) is 21.1 Å². The van der Waals surface area contributed by atoms with Gasteiger partial charge < -0.3 is 9.47 Å². The zero-order chi connectivity index (χ0) is 16.2. The predicted molar refractivity (Wildman–Crippen MR) is 74.2 cm³/mol. The monoisotopic (exact) mass is 433 g/mol. The molecule has 0 saturated heterocycles. The summed E-state index contributed by atoms with van der Waals surface area (Å²) < 4.78 is 45.2. The third-order valence-electron chi connectivity index (χ3n) is 2.05. The summed E-state index contributed by atoms with van der Waals surface area (Å²) in [5.74, 6) is -0.775. The number of esters is 1. The van der Waals surface area contributed by atoms with Gasteiger partial charge in [-0.15, -0.1) is 0 Å². The van der Waals surface area contributed by atoms with E-state index < -0.39 is 24.8 Å². The molecule has 5 nitrogen and oxygen atoms in total. The highest BCUT2D eigenvalue weighted by atomic mass is 79.9. The number of anilines is 1. The molecule has 1 aromatic carbocycles. The summed E-state index contributed by atoms with van der Waals surface area (Å²) >= 11 is 6.22. The van der Waals surface area contributed by atoms with Crippen LogP contribution in [-0.4, -0.2) is 32.0 Å². The lowest BCUT2D eigenvalue weighted by molar-refractivity contribution is -0.159. The van der Waals surface area contributed by atoms with E-state index in [4.69, 9.17) is 0 Å². The number of hydrogen-bond acceptors (Lipinski definition) is 4. The molecule has 0 bridgehead atoms. The van der Waals surface area contributed by atoms with E-state index in [0.717, 1.165) is 7.11 Å². The molecule has 0 aliphatic carbocycles. The van der Waals surface area contributed by atoms with Crippen LogP contribution in [0.1, 0.15) is 10.4 Å². The van der Waals surface area contributed by atoms with Crippen LogP contribution in [0.3, 0.4) is 0 Å². The predicted octanol–water partition coefficient (Wildman–Crippen LogP) is 4.11. The molecule has 0 aromatic heterocycles. The smallest absolute Gasteiger partial charge is 0.422 e. The number of alkyl halides is 3. The number of carbonyl (C=O) groups excluding carboxylic acids is 2. The quantitative estimate of drug-likeness (QED) is 0.727. The summed E-state index contributed by atoms with van der Waals surface area (Å²) in [5, 5.41) is 2.06. The number of amides is 1. The van der Waals surface area contributed by atoms with Gasteiger partial charge in [-0.1, -0.05) is 15.9 Å². The van der Waals surface area contributed by atoms with Gasteiger partial charge in [-0.25, -0.2) is 9.59 Å². The minimum atomic E-state index is -4.64. The van der Waals surface area contributed by atoms with E-state index in [9.17, 15) is 22.8 Å². The number of hydrogen-bond donors (Lipinski definition) is 1. The van der Waals surface area contributed by atoms with Crippen LogP contribution in [0, 0.1) is 0 Å². The zero-order valence-corrected chi connectivity index (χ0v) is 13.6. The first-order chi connectivity index (χ1) is 9.64. The summed E-state index contributed by atoms with van der Waals surface area (Å²) in [6.45, 7) is -1.74. The van der Waals surface area contributed by atoms with E-state index in [0.29, 0.717) is 4.47 Å². The molecule has 0 aliphatic rings. The molecule has 0 spiro atoms. The van der Waals surface area contributed by atoms with Crippen LogP contribution >= 0.6 is 31.9 Å². The number of methoxy groups -OCH3 is 1. The Kier molecular flexibility index (Phi) is 6.02. The van der Waals surface area contributed by atoms with Crippen molar-refractivity contribution in [2.24, 2.45) is 0 Å². The van der Waals surface area contributed by atoms with Crippen molar-refractivity contribution in [3.05, 3.63) is 26.6 Å². The minimum Gasteiger partial charge on any atom is -0.465 e. The normalized spacial score (nSPS) is 11.0. The second-order valence-corrected chi connectivity index (χ2v) is 5.39. The molecule has 0 aliphatic heterocycles. The Morgan fingerprint density at radius 3 is 2.43 bits per heavy atom. The van der Waals surface area contributed by atoms with Crippen molar-refractivity contribution in [3.8, 4) is 0 Å². The molecule has 0 unspecified atom stereocenters. The second-order valence-electron chi connectivity index (χ2n) is 3.62. The Balaban J connectivity index is 2.97. The lowest BCUT2D eigenvalue weighted by Gasteiger charge is -2.13. The standard InChI is InChI=1S/C11H8Br2F3NO4/c1-20-9(18)6-2-5(12)3-7(13)8(6)17-10(19)21-4-11(14,15)16/h2-3H,4H2,1H3,(H,17,19). The minimum absolute atomic E-state index is 0.0530. The molecule has 0 heterocycles. The van der Waals surface area contributed by atoms with Crippen molar-refractivity contribution in [3.63, 3.8) is 0 Å². The molecule has 0 radical (unpaired) electrons. The topological polar surface area (TPSA) is 64.6 Å². The Hall–Kier alpha value is -1.29. The largest absolute Gasteiger partial charge is 0.465 e. The van der Waals surface area contributed by atoms with Gasteiger partial charge in [0, 0.05) is 8.95 Å². The Labute approximate surface area is 134 Å². The molecule has 1 amide bonds. The SMILES string of the molecule is COC(=O)c1cc(Br)cc(Br)c1NC(=O)OCC(F)(F)F. The third-order valence-corrected chi connectivity index (χ3v) is 3.14. The zero-order valence-electron chi connectivity index (χ0n) is 10.4. The molecule has 0 saturated carbocycles. The Morgan fingerprint density at radius 1 is 1.29 bits per heavy atom. The summed E-state index contributed by atoms with van der Waals surface area (Å²) in [5.41, 5.74) is -0.111. The molecule has 21 heavy (non-hydrogen) atoms. The van der Waals surface area contributed by atoms with E-state index in [1.807, 2.05) is 0 Å². The molecular formula is C11H8Br2F3NO4. The van der Waals surface area contributed by atoms with Crippen LogP contribution in [0.2, 0.25) is 0 Å². The number of ether oxygens (including phenoxy) is 2. The fourth-order valence-corrected chi connectivity index (χ4v) is 2.58. The van der Waals surface area contributed by atoms with E-state index >= 15 is 0 Å². The lowest BCUT2D eigenvalue weighted by atomic mass is 10.2. The number of nitrogens with one attached hydrogen (secondary N) is 1. The van der Waals surface area contributed by atoms with Gasteiger partial charge in [0.1, 0.15) is 0 Å². The number of rotatable bonds is 3. The first kappa shape index (κ1) is 17.8. The highest BCUT2D eigenvalue weighted by Crippen LogP contribution is 2.31. The molecule has 1 rings (SSSR count). The van der Waals surface area contributed by atoms with Gasteiger partial charge >= 0.3 is 18.2 Å². The number of benzene rings is 1. The summed E-state index contributed by atoms with van der Waals surface area (Å²) in [6, 6.07) is 2.84. The van der Waals surface area contributed by atoms with Crippen LogP contribution < -0.4 is 5.32 Å². The maximum absolute atomic E-state index is 12.0. The van der Waals surface area contributed by atoms with E-state index in [1.54, 1.807) is 0 Å². The highest BCUT2D eigenvalue weighted by Gasteiger charge is 2.30.